The molecule has 2 N–H and O–H groups in total. The van der Waals surface area contributed by atoms with Gasteiger partial charge in [0.05, 0.1) is 6.04 Å². The van der Waals surface area contributed by atoms with Crippen molar-refractivity contribution in [2.24, 2.45) is 0 Å². The fourth-order valence-electron chi connectivity index (χ4n) is 2.81. The Morgan fingerprint density at radius 3 is 2.78 bits per heavy atom. The largest absolute Gasteiger partial charge is 0.352 e. The molecular weight excluding hydrogens is 230 g/mol. The highest BCUT2D eigenvalue weighted by molar-refractivity contribution is 5.93. The van der Waals surface area contributed by atoms with Crippen molar-refractivity contribution in [2.75, 3.05) is 13.1 Å². The molecule has 0 aromatic carbocycles. The molecule has 2 atom stereocenters. The monoisotopic (exact) mass is 253 g/mol. The summed E-state index contributed by atoms with van der Waals surface area (Å²) in [5, 5.41) is 6.16. The third-order valence-electron chi connectivity index (χ3n) is 4.03. The Morgan fingerprint density at radius 2 is 2.11 bits per heavy atom. The van der Waals surface area contributed by atoms with Gasteiger partial charge in [-0.2, -0.15) is 0 Å². The molecule has 2 unspecified atom stereocenters. The average molecular weight is 253 g/mol. The molecule has 2 aliphatic heterocycles. The van der Waals surface area contributed by atoms with Crippen LogP contribution in [0.3, 0.4) is 0 Å². The average Bonchev–Trinajstić information content (AvgIpc) is 2.32. The molecular formula is C13H23N3O2. The van der Waals surface area contributed by atoms with E-state index in [1.807, 2.05) is 13.8 Å². The minimum absolute atomic E-state index is 0.0639. The Balaban J connectivity index is 2.10. The van der Waals surface area contributed by atoms with Crippen molar-refractivity contribution >= 4 is 11.8 Å². The van der Waals surface area contributed by atoms with Crippen LogP contribution in [0.2, 0.25) is 0 Å². The maximum absolute atomic E-state index is 12.5. The van der Waals surface area contributed by atoms with Gasteiger partial charge in [0.2, 0.25) is 11.8 Å². The zero-order valence-corrected chi connectivity index (χ0v) is 11.5. The summed E-state index contributed by atoms with van der Waals surface area (Å²) in [6, 6.07) is 0.258. The van der Waals surface area contributed by atoms with Crippen molar-refractivity contribution in [1.82, 2.24) is 15.5 Å². The summed E-state index contributed by atoms with van der Waals surface area (Å²) in [5.74, 6) is 0.00681. The first kappa shape index (κ1) is 13.3. The normalized spacial score (nSPS) is 31.9. The van der Waals surface area contributed by atoms with E-state index in [0.29, 0.717) is 19.1 Å². The van der Waals surface area contributed by atoms with Crippen molar-refractivity contribution in [3.05, 3.63) is 0 Å². The van der Waals surface area contributed by atoms with Gasteiger partial charge in [-0.25, -0.2) is 0 Å². The molecule has 2 amide bonds. The van der Waals surface area contributed by atoms with E-state index < -0.39 is 5.54 Å². The van der Waals surface area contributed by atoms with Crippen LogP contribution in [0.1, 0.15) is 40.0 Å². The third-order valence-corrected chi connectivity index (χ3v) is 4.03. The van der Waals surface area contributed by atoms with Gasteiger partial charge < -0.3 is 15.5 Å². The van der Waals surface area contributed by atoms with Crippen LogP contribution in [-0.4, -0.2) is 47.4 Å². The van der Waals surface area contributed by atoms with Gasteiger partial charge in [-0.3, -0.25) is 9.59 Å². The number of hydrogen-bond acceptors (Lipinski definition) is 3. The summed E-state index contributed by atoms with van der Waals surface area (Å²) in [6.45, 7) is 6.88. The smallest absolute Gasteiger partial charge is 0.245 e. The van der Waals surface area contributed by atoms with Crippen molar-refractivity contribution in [3.8, 4) is 0 Å². The molecule has 18 heavy (non-hydrogen) atoms. The Morgan fingerprint density at radius 1 is 1.39 bits per heavy atom. The molecule has 2 saturated heterocycles. The van der Waals surface area contributed by atoms with Crippen molar-refractivity contribution in [1.29, 1.82) is 0 Å². The first-order chi connectivity index (χ1) is 8.43. The number of nitrogens with zero attached hydrogens (tertiary/aromatic N) is 1. The maximum Gasteiger partial charge on any atom is 0.245 e. The summed E-state index contributed by atoms with van der Waals surface area (Å²) in [4.78, 5) is 26.1. The number of hydrogen-bond donors (Lipinski definition) is 2. The Bertz CT molecular complexity index is 354. The lowest BCUT2D eigenvalue weighted by Crippen LogP contribution is -2.66. The second-order valence-corrected chi connectivity index (χ2v) is 5.86. The van der Waals surface area contributed by atoms with E-state index in [0.717, 1.165) is 19.3 Å². The van der Waals surface area contributed by atoms with Gasteiger partial charge in [-0.05, 0) is 40.0 Å². The predicted octanol–water partition coefficient (Wildman–Crippen LogP) is 0.254. The van der Waals surface area contributed by atoms with Gasteiger partial charge >= 0.3 is 0 Å². The van der Waals surface area contributed by atoms with E-state index in [1.54, 1.807) is 4.90 Å². The van der Waals surface area contributed by atoms with E-state index >= 15 is 0 Å². The molecule has 0 aromatic heterocycles. The second-order valence-electron chi connectivity index (χ2n) is 5.86. The van der Waals surface area contributed by atoms with E-state index in [-0.39, 0.29) is 17.9 Å². The Kier molecular flexibility index (Phi) is 3.61. The van der Waals surface area contributed by atoms with Gasteiger partial charge in [0.25, 0.3) is 0 Å². The van der Waals surface area contributed by atoms with E-state index in [4.69, 9.17) is 0 Å². The molecule has 5 nitrogen and oxygen atoms in total. The highest BCUT2D eigenvalue weighted by Crippen LogP contribution is 2.22. The zero-order valence-electron chi connectivity index (χ0n) is 11.5. The van der Waals surface area contributed by atoms with Crippen LogP contribution in [-0.2, 0) is 9.59 Å². The predicted molar refractivity (Wildman–Crippen MR) is 69.0 cm³/mol. The van der Waals surface area contributed by atoms with Crippen LogP contribution in [0, 0.1) is 0 Å². The lowest BCUT2D eigenvalue weighted by Gasteiger charge is -2.43. The topological polar surface area (TPSA) is 61.4 Å². The lowest BCUT2D eigenvalue weighted by atomic mass is 9.94. The lowest BCUT2D eigenvalue weighted by molar-refractivity contribution is -0.151. The number of piperidine rings is 1. The summed E-state index contributed by atoms with van der Waals surface area (Å²) in [6.07, 6.45) is 3.07. The zero-order chi connectivity index (χ0) is 13.3. The molecule has 5 heteroatoms. The number of amides is 2. The number of carbonyl (C=O) groups is 2. The highest BCUT2D eigenvalue weighted by Gasteiger charge is 2.42. The van der Waals surface area contributed by atoms with Gasteiger partial charge in [0, 0.05) is 19.1 Å². The standard InChI is InChI=1S/C13H23N3O2/c1-9-5-4-6-10(15-9)11(17)16-8-7-14-12(18)13(16,2)3/h9-10,15H,4-8H2,1-3H3,(H,14,18). The van der Waals surface area contributed by atoms with Crippen LogP contribution < -0.4 is 10.6 Å². The van der Waals surface area contributed by atoms with Crippen molar-refractivity contribution < 1.29 is 9.59 Å². The quantitative estimate of drug-likeness (QED) is 0.704. The highest BCUT2D eigenvalue weighted by atomic mass is 16.2. The molecule has 0 spiro atoms. The molecule has 2 rings (SSSR count). The van der Waals surface area contributed by atoms with Gasteiger partial charge in [-0.1, -0.05) is 0 Å². The third kappa shape index (κ3) is 2.36. The van der Waals surface area contributed by atoms with Crippen LogP contribution in [0.15, 0.2) is 0 Å². The number of nitrogens with one attached hydrogen (secondary N) is 2. The van der Waals surface area contributed by atoms with Crippen LogP contribution >= 0.6 is 0 Å². The van der Waals surface area contributed by atoms with Gasteiger partial charge in [-0.15, -0.1) is 0 Å². The summed E-state index contributed by atoms with van der Waals surface area (Å²) >= 11 is 0. The second kappa shape index (κ2) is 4.88. The van der Waals surface area contributed by atoms with E-state index in [1.165, 1.54) is 0 Å². The molecule has 2 heterocycles. The minimum Gasteiger partial charge on any atom is -0.352 e. The van der Waals surface area contributed by atoms with Crippen LogP contribution in [0.5, 0.6) is 0 Å². The number of piperazine rings is 1. The SMILES string of the molecule is CC1CCCC(C(=O)N2CCNC(=O)C2(C)C)N1. The van der Waals surface area contributed by atoms with Crippen LogP contribution in [0.25, 0.3) is 0 Å². The fraction of sp³-hybridized carbons (Fsp3) is 0.846. The first-order valence-corrected chi connectivity index (χ1v) is 6.79. The molecule has 2 fully saturated rings. The fourth-order valence-corrected chi connectivity index (χ4v) is 2.81. The molecule has 0 radical (unpaired) electrons. The van der Waals surface area contributed by atoms with Crippen molar-refractivity contribution in [2.45, 2.75) is 57.7 Å². The molecule has 0 saturated carbocycles. The van der Waals surface area contributed by atoms with Crippen molar-refractivity contribution in [3.63, 3.8) is 0 Å². The van der Waals surface area contributed by atoms with Gasteiger partial charge in [0.15, 0.2) is 0 Å². The Labute approximate surface area is 108 Å². The van der Waals surface area contributed by atoms with Gasteiger partial charge in [0.1, 0.15) is 5.54 Å². The van der Waals surface area contributed by atoms with Crippen LogP contribution in [0.4, 0.5) is 0 Å². The number of carbonyl (C=O) groups excluding carboxylic acids is 2. The summed E-state index contributed by atoms with van der Waals surface area (Å²) in [5.41, 5.74) is -0.738. The molecule has 2 aliphatic rings. The Hall–Kier alpha value is -1.10. The van der Waals surface area contributed by atoms with E-state index in [2.05, 4.69) is 17.6 Å². The van der Waals surface area contributed by atoms with E-state index in [9.17, 15) is 9.59 Å². The summed E-state index contributed by atoms with van der Waals surface area (Å²) < 4.78 is 0. The molecule has 0 aliphatic carbocycles. The molecule has 0 aromatic rings. The number of rotatable bonds is 1. The molecule has 0 bridgehead atoms. The summed E-state index contributed by atoms with van der Waals surface area (Å²) in [7, 11) is 0. The molecule has 102 valence electrons. The maximum atomic E-state index is 12.5. The minimum atomic E-state index is -0.738. The first-order valence-electron chi connectivity index (χ1n) is 6.79.